The monoisotopic (exact) mass is 341 g/mol. The van der Waals surface area contributed by atoms with Gasteiger partial charge in [0.05, 0.1) is 17.9 Å². The van der Waals surface area contributed by atoms with Gasteiger partial charge in [0.25, 0.3) is 5.91 Å². The number of carbonyl (C=O) groups is 1. The number of anilines is 1. The predicted octanol–water partition coefficient (Wildman–Crippen LogP) is 2.58. The summed E-state index contributed by atoms with van der Waals surface area (Å²) in [6, 6.07) is 2.54. The first-order valence-corrected chi connectivity index (χ1v) is 9.38. The fourth-order valence-electron chi connectivity index (χ4n) is 4.34. The summed E-state index contributed by atoms with van der Waals surface area (Å²) < 4.78 is 0. The van der Waals surface area contributed by atoms with Crippen molar-refractivity contribution in [3.8, 4) is 0 Å². The van der Waals surface area contributed by atoms with E-state index in [0.29, 0.717) is 12.7 Å². The van der Waals surface area contributed by atoms with E-state index < -0.39 is 0 Å². The highest BCUT2D eigenvalue weighted by Gasteiger charge is 2.35. The maximum atomic E-state index is 12.6. The first-order chi connectivity index (χ1) is 12.2. The minimum Gasteiger partial charge on any atom is -0.349 e. The van der Waals surface area contributed by atoms with Crippen LogP contribution in [0.1, 0.15) is 43.0 Å². The Morgan fingerprint density at radius 1 is 1.32 bits per heavy atom. The molecule has 1 amide bonds. The maximum Gasteiger partial charge on any atom is 0.258 e. The molecule has 6 nitrogen and oxygen atoms in total. The lowest BCUT2D eigenvalue weighted by Crippen LogP contribution is -2.50. The number of aromatic amines is 1. The van der Waals surface area contributed by atoms with Crippen molar-refractivity contribution in [3.05, 3.63) is 24.0 Å². The number of hydrogen-bond donors (Lipinski definition) is 2. The summed E-state index contributed by atoms with van der Waals surface area (Å²) in [4.78, 5) is 24.5. The number of nitrogens with one attached hydrogen (secondary N) is 2. The number of carbonyl (C=O) groups excluding carboxylic acids is 1. The molecule has 0 spiro atoms. The minimum absolute atomic E-state index is 0.0719. The van der Waals surface area contributed by atoms with Crippen molar-refractivity contribution in [1.82, 2.24) is 20.2 Å². The summed E-state index contributed by atoms with van der Waals surface area (Å²) in [5, 5.41) is 4.55. The van der Waals surface area contributed by atoms with Crippen molar-refractivity contribution >= 4 is 22.6 Å². The number of nitrogens with zero attached hydrogens (tertiary/aromatic N) is 3. The van der Waals surface area contributed by atoms with E-state index in [1.165, 1.54) is 25.7 Å². The SMILES string of the molecule is CCNC[C@H]1CC[C@H](N2CN(C)C(=O)c3cnc4[nH]ccc4c32)CC1. The molecule has 0 saturated heterocycles. The first-order valence-electron chi connectivity index (χ1n) is 9.38. The Balaban J connectivity index is 1.62. The van der Waals surface area contributed by atoms with Crippen LogP contribution in [0.25, 0.3) is 11.0 Å². The molecular weight excluding hydrogens is 314 g/mol. The van der Waals surface area contributed by atoms with E-state index in [9.17, 15) is 4.79 Å². The molecule has 3 heterocycles. The van der Waals surface area contributed by atoms with Gasteiger partial charge in [0.15, 0.2) is 0 Å². The second-order valence-electron chi connectivity index (χ2n) is 7.36. The van der Waals surface area contributed by atoms with Crippen LogP contribution in [0.3, 0.4) is 0 Å². The zero-order valence-electron chi connectivity index (χ0n) is 15.1. The van der Waals surface area contributed by atoms with Crippen molar-refractivity contribution < 1.29 is 4.79 Å². The molecule has 4 rings (SSSR count). The van der Waals surface area contributed by atoms with Crippen LogP contribution in [0, 0.1) is 5.92 Å². The highest BCUT2D eigenvalue weighted by Crippen LogP contribution is 2.38. The molecule has 0 bridgehead atoms. The smallest absolute Gasteiger partial charge is 0.258 e. The Morgan fingerprint density at radius 2 is 2.12 bits per heavy atom. The van der Waals surface area contributed by atoms with Gasteiger partial charge in [-0.2, -0.15) is 0 Å². The second-order valence-corrected chi connectivity index (χ2v) is 7.36. The normalized spacial score (nSPS) is 24.0. The molecule has 1 aliphatic heterocycles. The van der Waals surface area contributed by atoms with Crippen molar-refractivity contribution in [1.29, 1.82) is 0 Å². The molecule has 2 aromatic rings. The Bertz CT molecular complexity index is 762. The summed E-state index contributed by atoms with van der Waals surface area (Å²) in [7, 11) is 1.89. The Morgan fingerprint density at radius 3 is 2.88 bits per heavy atom. The average Bonchev–Trinajstić information content (AvgIpc) is 3.12. The van der Waals surface area contributed by atoms with Gasteiger partial charge in [-0.25, -0.2) is 4.98 Å². The first kappa shape index (κ1) is 16.4. The van der Waals surface area contributed by atoms with E-state index in [0.717, 1.165) is 41.3 Å². The number of H-pyrrole nitrogens is 1. The lowest BCUT2D eigenvalue weighted by atomic mass is 9.84. The van der Waals surface area contributed by atoms with Gasteiger partial charge in [-0.3, -0.25) is 4.79 Å². The molecule has 2 aromatic heterocycles. The van der Waals surface area contributed by atoms with Gasteiger partial charge in [-0.1, -0.05) is 6.92 Å². The third-order valence-electron chi connectivity index (χ3n) is 5.73. The predicted molar refractivity (Wildman–Crippen MR) is 99.8 cm³/mol. The van der Waals surface area contributed by atoms with E-state index in [-0.39, 0.29) is 5.91 Å². The second kappa shape index (κ2) is 6.67. The number of aromatic nitrogens is 2. The van der Waals surface area contributed by atoms with Crippen LogP contribution in [0.5, 0.6) is 0 Å². The van der Waals surface area contributed by atoms with E-state index in [1.807, 2.05) is 24.2 Å². The van der Waals surface area contributed by atoms with Crippen LogP contribution in [0.4, 0.5) is 5.69 Å². The van der Waals surface area contributed by atoms with Crippen molar-refractivity contribution in [2.75, 3.05) is 31.7 Å². The summed E-state index contributed by atoms with van der Waals surface area (Å²) in [5.41, 5.74) is 2.67. The Kier molecular flexibility index (Phi) is 4.37. The van der Waals surface area contributed by atoms with Gasteiger partial charge in [-0.15, -0.1) is 0 Å². The lowest BCUT2D eigenvalue weighted by molar-refractivity contribution is 0.0774. The molecule has 0 unspecified atom stereocenters. The van der Waals surface area contributed by atoms with E-state index in [4.69, 9.17) is 0 Å². The lowest BCUT2D eigenvalue weighted by Gasteiger charge is -2.44. The van der Waals surface area contributed by atoms with Crippen LogP contribution in [-0.2, 0) is 0 Å². The molecule has 1 saturated carbocycles. The van der Waals surface area contributed by atoms with Crippen LogP contribution < -0.4 is 10.2 Å². The topological polar surface area (TPSA) is 64.3 Å². The average molecular weight is 341 g/mol. The molecule has 6 heteroatoms. The number of amides is 1. The highest BCUT2D eigenvalue weighted by atomic mass is 16.2. The summed E-state index contributed by atoms with van der Waals surface area (Å²) in [6.07, 6.45) is 8.52. The fraction of sp³-hybridized carbons (Fsp3) is 0.579. The maximum absolute atomic E-state index is 12.6. The molecule has 2 aliphatic rings. The van der Waals surface area contributed by atoms with Crippen LogP contribution in [0.2, 0.25) is 0 Å². The van der Waals surface area contributed by atoms with Gasteiger partial charge in [0, 0.05) is 30.9 Å². The van der Waals surface area contributed by atoms with E-state index in [2.05, 4.69) is 27.1 Å². The Hall–Kier alpha value is -2.08. The molecule has 1 aliphatic carbocycles. The van der Waals surface area contributed by atoms with Gasteiger partial charge in [0.2, 0.25) is 0 Å². The van der Waals surface area contributed by atoms with Crippen LogP contribution in [0.15, 0.2) is 18.5 Å². The minimum atomic E-state index is 0.0719. The van der Waals surface area contributed by atoms with Crippen LogP contribution in [-0.4, -0.2) is 53.6 Å². The molecule has 1 fully saturated rings. The molecule has 0 aromatic carbocycles. The summed E-state index contributed by atoms with van der Waals surface area (Å²) >= 11 is 0. The molecule has 25 heavy (non-hydrogen) atoms. The van der Waals surface area contributed by atoms with Gasteiger partial charge in [0.1, 0.15) is 5.65 Å². The van der Waals surface area contributed by atoms with Crippen LogP contribution >= 0.6 is 0 Å². The molecule has 0 radical (unpaired) electrons. The molecule has 0 atom stereocenters. The van der Waals surface area contributed by atoms with E-state index in [1.54, 1.807) is 6.20 Å². The number of pyridine rings is 1. The van der Waals surface area contributed by atoms with Crippen molar-refractivity contribution in [2.24, 2.45) is 5.92 Å². The molecule has 134 valence electrons. The Labute approximate surface area is 148 Å². The molecular formula is C19H27N5O. The summed E-state index contributed by atoms with van der Waals surface area (Å²) in [5.74, 6) is 0.854. The highest BCUT2D eigenvalue weighted by molar-refractivity contribution is 6.08. The quantitative estimate of drug-likeness (QED) is 0.897. The third kappa shape index (κ3) is 2.88. The fourth-order valence-corrected chi connectivity index (χ4v) is 4.34. The molecule has 2 N–H and O–H groups in total. The number of rotatable bonds is 4. The third-order valence-corrected chi connectivity index (χ3v) is 5.73. The zero-order valence-corrected chi connectivity index (χ0v) is 15.1. The standard InChI is InChI=1S/C19H27N5O/c1-3-20-10-13-4-6-14(7-5-13)24-12-23(2)19(25)16-11-22-18-15(17(16)24)8-9-21-18/h8-9,11,13-14,20H,3-7,10,12H2,1-2H3,(H,21,22)/t13-,14-. The number of fused-ring (bicyclic) bond motifs is 3. The van der Waals surface area contributed by atoms with E-state index >= 15 is 0 Å². The van der Waals surface area contributed by atoms with Gasteiger partial charge in [-0.05, 0) is 50.8 Å². The van der Waals surface area contributed by atoms with Gasteiger partial charge >= 0.3 is 0 Å². The largest absolute Gasteiger partial charge is 0.349 e. The van der Waals surface area contributed by atoms with Crippen molar-refractivity contribution in [3.63, 3.8) is 0 Å². The summed E-state index contributed by atoms with van der Waals surface area (Å²) in [6.45, 7) is 5.01. The zero-order chi connectivity index (χ0) is 17.4. The number of hydrogen-bond acceptors (Lipinski definition) is 4. The van der Waals surface area contributed by atoms with Gasteiger partial charge < -0.3 is 20.1 Å². The van der Waals surface area contributed by atoms with Crippen molar-refractivity contribution in [2.45, 2.75) is 38.6 Å².